The van der Waals surface area contributed by atoms with E-state index in [1.54, 1.807) is 48.5 Å². The normalized spacial score (nSPS) is 17.6. The summed E-state index contributed by atoms with van der Waals surface area (Å²) < 4.78 is 27.0. The van der Waals surface area contributed by atoms with Gasteiger partial charge >= 0.3 is 0 Å². The van der Waals surface area contributed by atoms with Crippen molar-refractivity contribution in [2.24, 2.45) is 0 Å². The number of likely N-dealkylation sites (tertiary alicyclic amines) is 1. The number of amides is 1. The van der Waals surface area contributed by atoms with E-state index in [4.69, 9.17) is 11.6 Å². The number of sulfonamides is 1. The van der Waals surface area contributed by atoms with Crippen LogP contribution in [-0.4, -0.2) is 31.8 Å². The molecule has 1 heterocycles. The topological polar surface area (TPSA) is 66.5 Å². The lowest BCUT2D eigenvalue weighted by Crippen LogP contribution is -2.42. The molecule has 1 unspecified atom stereocenters. The van der Waals surface area contributed by atoms with Crippen LogP contribution in [0.4, 0.5) is 5.69 Å². The number of carbonyl (C=O) groups excluding carboxylic acids is 1. The van der Waals surface area contributed by atoms with Crippen LogP contribution in [0.1, 0.15) is 42.1 Å². The lowest BCUT2D eigenvalue weighted by atomic mass is 10.0. The van der Waals surface area contributed by atoms with Gasteiger partial charge in [-0.15, -0.1) is 0 Å². The molecule has 0 saturated carbocycles. The molecule has 1 atom stereocenters. The van der Waals surface area contributed by atoms with Crippen molar-refractivity contribution in [2.75, 3.05) is 11.3 Å². The zero-order valence-electron chi connectivity index (χ0n) is 15.6. The lowest BCUT2D eigenvalue weighted by molar-refractivity contribution is 0.0635. The van der Waals surface area contributed by atoms with Crippen LogP contribution in [0.3, 0.4) is 0 Å². The smallest absolute Gasteiger partial charge is 0.255 e. The molecular weight excluding hydrogens is 396 g/mol. The Balaban J connectivity index is 1.66. The Labute approximate surface area is 171 Å². The highest BCUT2D eigenvalue weighted by Gasteiger charge is 2.24. The summed E-state index contributed by atoms with van der Waals surface area (Å²) in [6.45, 7) is 2.83. The molecule has 148 valence electrons. The van der Waals surface area contributed by atoms with Gasteiger partial charge < -0.3 is 4.90 Å². The Kier molecular flexibility index (Phi) is 6.42. The van der Waals surface area contributed by atoms with Gasteiger partial charge in [0.05, 0.1) is 5.41 Å². The third-order valence-electron chi connectivity index (χ3n) is 4.77. The number of carbonyl (C=O) groups is 1. The average molecular weight is 419 g/mol. The quantitative estimate of drug-likeness (QED) is 0.760. The van der Waals surface area contributed by atoms with E-state index in [0.29, 0.717) is 16.3 Å². The van der Waals surface area contributed by atoms with Gasteiger partial charge in [-0.25, -0.2) is 8.42 Å². The maximum Gasteiger partial charge on any atom is 0.255 e. The molecule has 0 radical (unpaired) electrons. The van der Waals surface area contributed by atoms with Crippen LogP contribution in [0, 0.1) is 0 Å². The Bertz CT molecular complexity index is 954. The molecule has 1 N–H and O–H groups in total. The highest BCUT2D eigenvalue weighted by Crippen LogP contribution is 2.20. The Morgan fingerprint density at radius 2 is 1.79 bits per heavy atom. The average Bonchev–Trinajstić information content (AvgIpc) is 2.68. The zero-order valence-corrected chi connectivity index (χ0v) is 17.2. The van der Waals surface area contributed by atoms with Crippen molar-refractivity contribution in [2.45, 2.75) is 32.2 Å². The van der Waals surface area contributed by atoms with Crippen LogP contribution in [-0.2, 0) is 10.0 Å². The minimum Gasteiger partial charge on any atom is -0.336 e. The number of benzene rings is 2. The van der Waals surface area contributed by atoms with E-state index >= 15 is 0 Å². The van der Waals surface area contributed by atoms with Gasteiger partial charge in [0.2, 0.25) is 0 Å². The summed E-state index contributed by atoms with van der Waals surface area (Å²) in [4.78, 5) is 14.5. The van der Waals surface area contributed by atoms with Crippen LogP contribution in [0.15, 0.2) is 53.9 Å². The van der Waals surface area contributed by atoms with E-state index in [2.05, 4.69) is 11.6 Å². The maximum atomic E-state index is 12.7. The summed E-state index contributed by atoms with van der Waals surface area (Å²) in [5, 5.41) is 1.69. The molecule has 0 bridgehead atoms. The first kappa shape index (κ1) is 20.4. The van der Waals surface area contributed by atoms with E-state index in [1.807, 2.05) is 4.90 Å². The molecule has 0 aromatic heterocycles. The van der Waals surface area contributed by atoms with Gasteiger partial charge in [0.1, 0.15) is 0 Å². The molecule has 2 aromatic carbocycles. The van der Waals surface area contributed by atoms with Crippen LogP contribution in [0.2, 0.25) is 5.02 Å². The molecule has 5 nitrogen and oxygen atoms in total. The van der Waals surface area contributed by atoms with E-state index in [0.717, 1.165) is 36.8 Å². The van der Waals surface area contributed by atoms with Gasteiger partial charge in [0.15, 0.2) is 0 Å². The molecule has 1 aliphatic rings. The van der Waals surface area contributed by atoms with Crippen molar-refractivity contribution in [1.29, 1.82) is 0 Å². The van der Waals surface area contributed by atoms with Gasteiger partial charge in [0, 0.05) is 28.9 Å². The van der Waals surface area contributed by atoms with Gasteiger partial charge in [-0.05, 0) is 74.2 Å². The van der Waals surface area contributed by atoms with Crippen molar-refractivity contribution in [3.8, 4) is 0 Å². The molecule has 1 amide bonds. The van der Waals surface area contributed by atoms with E-state index in [-0.39, 0.29) is 11.9 Å². The summed E-state index contributed by atoms with van der Waals surface area (Å²) >= 11 is 5.82. The zero-order chi connectivity index (χ0) is 20.1. The fourth-order valence-electron chi connectivity index (χ4n) is 3.19. The number of halogens is 1. The SMILES string of the molecule is CC1CCCCN1C(=O)c1ccc(NS(=O)(=O)C=Cc2ccc(Cl)cc2)cc1. The summed E-state index contributed by atoms with van der Waals surface area (Å²) in [6, 6.07) is 13.6. The first-order chi connectivity index (χ1) is 13.3. The van der Waals surface area contributed by atoms with Gasteiger partial charge in [-0.3, -0.25) is 9.52 Å². The number of piperidine rings is 1. The second-order valence-corrected chi connectivity index (χ2v) is 8.92. The van der Waals surface area contributed by atoms with E-state index in [1.165, 1.54) is 6.08 Å². The molecule has 1 fully saturated rings. The molecule has 1 saturated heterocycles. The standard InChI is InChI=1S/C21H23ClN2O3S/c1-16-4-2-3-14-24(16)21(25)18-7-11-20(12-8-18)23-28(26,27)15-13-17-5-9-19(22)10-6-17/h5-13,15-16,23H,2-4,14H2,1H3. The molecule has 1 aliphatic heterocycles. The van der Waals surface area contributed by atoms with Crippen LogP contribution >= 0.6 is 11.6 Å². The second kappa shape index (κ2) is 8.80. The molecule has 0 spiro atoms. The minimum absolute atomic E-state index is 0.00996. The van der Waals surface area contributed by atoms with Crippen molar-refractivity contribution in [1.82, 2.24) is 4.90 Å². The Morgan fingerprint density at radius 3 is 2.43 bits per heavy atom. The fraction of sp³-hybridized carbons (Fsp3) is 0.286. The van der Waals surface area contributed by atoms with Crippen LogP contribution < -0.4 is 4.72 Å². The highest BCUT2D eigenvalue weighted by molar-refractivity contribution is 7.95. The van der Waals surface area contributed by atoms with Crippen molar-refractivity contribution in [3.63, 3.8) is 0 Å². The van der Waals surface area contributed by atoms with Gasteiger partial charge in [-0.2, -0.15) is 0 Å². The summed E-state index contributed by atoms with van der Waals surface area (Å²) in [5.74, 6) is -0.00996. The number of rotatable bonds is 5. The molecule has 7 heteroatoms. The van der Waals surface area contributed by atoms with Crippen molar-refractivity contribution in [3.05, 3.63) is 70.1 Å². The highest BCUT2D eigenvalue weighted by atomic mass is 35.5. The molecule has 28 heavy (non-hydrogen) atoms. The van der Waals surface area contributed by atoms with Gasteiger partial charge in [0.25, 0.3) is 15.9 Å². The summed E-state index contributed by atoms with van der Waals surface area (Å²) in [5.41, 5.74) is 1.70. The Morgan fingerprint density at radius 1 is 1.11 bits per heavy atom. The second-order valence-electron chi connectivity index (χ2n) is 6.92. The maximum absolute atomic E-state index is 12.7. The van der Waals surface area contributed by atoms with Crippen LogP contribution in [0.5, 0.6) is 0 Å². The Hall–Kier alpha value is -2.31. The number of nitrogens with one attached hydrogen (secondary N) is 1. The minimum atomic E-state index is -3.66. The number of hydrogen-bond donors (Lipinski definition) is 1. The third kappa shape index (κ3) is 5.36. The molecule has 2 aromatic rings. The summed E-state index contributed by atoms with van der Waals surface area (Å²) in [7, 11) is -3.66. The largest absolute Gasteiger partial charge is 0.336 e. The number of nitrogens with zero attached hydrogens (tertiary/aromatic N) is 1. The van der Waals surface area contributed by atoms with Crippen LogP contribution in [0.25, 0.3) is 6.08 Å². The first-order valence-electron chi connectivity index (χ1n) is 9.21. The molecule has 3 rings (SSSR count). The summed E-state index contributed by atoms with van der Waals surface area (Å²) in [6.07, 6.45) is 4.68. The number of hydrogen-bond acceptors (Lipinski definition) is 3. The van der Waals surface area contributed by atoms with E-state index < -0.39 is 10.0 Å². The predicted octanol–water partition coefficient (Wildman–Crippen LogP) is 4.77. The molecule has 0 aliphatic carbocycles. The predicted molar refractivity (Wildman–Crippen MR) is 114 cm³/mol. The van der Waals surface area contributed by atoms with E-state index in [9.17, 15) is 13.2 Å². The van der Waals surface area contributed by atoms with Crippen molar-refractivity contribution >= 4 is 39.3 Å². The first-order valence-corrected chi connectivity index (χ1v) is 11.1. The third-order valence-corrected chi connectivity index (χ3v) is 6.03. The fourth-order valence-corrected chi connectivity index (χ4v) is 4.18. The molecular formula is C21H23ClN2O3S. The van der Waals surface area contributed by atoms with Crippen molar-refractivity contribution < 1.29 is 13.2 Å². The lowest BCUT2D eigenvalue weighted by Gasteiger charge is -2.33. The monoisotopic (exact) mass is 418 g/mol. The van der Waals surface area contributed by atoms with Gasteiger partial charge in [-0.1, -0.05) is 23.7 Å². The number of anilines is 1.